The fraction of sp³-hybridized carbons (Fsp3) is 0. The summed E-state index contributed by atoms with van der Waals surface area (Å²) in [6.45, 7) is 0. The molecule has 5 nitrogen and oxygen atoms in total. The molecule has 1 N–H and O–H groups in total. The molecule has 0 aliphatic rings. The number of aliphatic carboxylic acids is 1. The molecule has 0 aromatic carbocycles. The molecular formula is C2H2N2O3. The summed E-state index contributed by atoms with van der Waals surface area (Å²) < 4.78 is 0. The van der Waals surface area contributed by atoms with Crippen LogP contribution in [0.4, 0.5) is 0 Å². The minimum absolute atomic E-state index is 0.410. The Kier molecular flexibility index (Phi) is 2.42. The lowest BCUT2D eigenvalue weighted by molar-refractivity contribution is -0.128. The molecule has 0 unspecified atom stereocenters. The molecule has 0 rings (SSSR count). The quantitative estimate of drug-likeness (QED) is 0.298. The number of carbonyl (C=O) groups is 1. The Hall–Kier alpha value is -1.26. The second-order valence-corrected chi connectivity index (χ2v) is 0.664. The van der Waals surface area contributed by atoms with Gasteiger partial charge in [-0.05, 0) is 0 Å². The molecule has 0 spiro atoms. The zero-order chi connectivity index (χ0) is 5.70. The standard InChI is InChI=1S/C2H2N2O3/c5-2(6)1-3-4-7/h1H,(H,5,6). The van der Waals surface area contributed by atoms with Crippen molar-refractivity contribution in [3.8, 4) is 0 Å². The van der Waals surface area contributed by atoms with E-state index >= 15 is 0 Å². The highest BCUT2D eigenvalue weighted by Crippen LogP contribution is 1.61. The van der Waals surface area contributed by atoms with Crippen LogP contribution >= 0.6 is 0 Å². The first-order valence-corrected chi connectivity index (χ1v) is 1.36. The Bertz CT molecular complexity index is 108. The van der Waals surface area contributed by atoms with Crippen LogP contribution in [0, 0.1) is 4.91 Å². The summed E-state index contributed by atoms with van der Waals surface area (Å²) in [5, 5.41) is 12.1. The van der Waals surface area contributed by atoms with Gasteiger partial charge in [0.05, 0.1) is 5.29 Å². The van der Waals surface area contributed by atoms with E-state index in [2.05, 4.69) is 5.10 Å². The van der Waals surface area contributed by atoms with Crippen LogP contribution in [0.25, 0.3) is 0 Å². The van der Waals surface area contributed by atoms with Crippen LogP contribution in [0.5, 0.6) is 0 Å². The van der Waals surface area contributed by atoms with Crippen molar-refractivity contribution in [3.05, 3.63) is 4.91 Å². The summed E-state index contributed by atoms with van der Waals surface area (Å²) in [5.41, 5.74) is 0. The van der Waals surface area contributed by atoms with E-state index in [9.17, 15) is 4.79 Å². The average Bonchev–Trinajstić information content (AvgIpc) is 1.61. The zero-order valence-corrected chi connectivity index (χ0v) is 3.24. The molecule has 0 heterocycles. The highest BCUT2D eigenvalue weighted by Gasteiger charge is 1.82. The smallest absolute Gasteiger partial charge is 0.348 e. The normalized spacial score (nSPS) is 9.14. The van der Waals surface area contributed by atoms with Crippen LogP contribution < -0.4 is 0 Å². The molecule has 0 radical (unpaired) electrons. The van der Waals surface area contributed by atoms with Crippen LogP contribution in [0.2, 0.25) is 0 Å². The van der Waals surface area contributed by atoms with E-state index in [1.165, 1.54) is 0 Å². The van der Waals surface area contributed by atoms with E-state index in [0.717, 1.165) is 0 Å². The molecule has 5 heteroatoms. The van der Waals surface area contributed by atoms with Crippen molar-refractivity contribution in [1.29, 1.82) is 0 Å². The van der Waals surface area contributed by atoms with Crippen molar-refractivity contribution in [2.75, 3.05) is 0 Å². The number of carboxylic acid groups (broad SMARTS) is 1. The molecule has 0 bridgehead atoms. The monoisotopic (exact) mass is 102 g/mol. The van der Waals surface area contributed by atoms with Crippen LogP contribution in [0.3, 0.4) is 0 Å². The van der Waals surface area contributed by atoms with Gasteiger partial charge in [-0.15, -0.1) is 10.0 Å². The summed E-state index contributed by atoms with van der Waals surface area (Å²) in [6.07, 6.45) is 0.410. The van der Waals surface area contributed by atoms with E-state index in [1.807, 2.05) is 5.29 Å². The third kappa shape index (κ3) is 4.74. The zero-order valence-electron chi connectivity index (χ0n) is 3.24. The molecule has 0 aliphatic carbocycles. The summed E-state index contributed by atoms with van der Waals surface area (Å²) in [7, 11) is 0. The summed E-state index contributed by atoms with van der Waals surface area (Å²) in [6, 6.07) is 0. The third-order valence-corrected chi connectivity index (χ3v) is 0.215. The third-order valence-electron chi connectivity index (χ3n) is 0.215. The highest BCUT2D eigenvalue weighted by molar-refractivity contribution is 6.21. The van der Waals surface area contributed by atoms with E-state index in [-0.39, 0.29) is 0 Å². The molecule has 0 saturated heterocycles. The topological polar surface area (TPSA) is 79.1 Å². The Morgan fingerprint density at radius 1 is 1.71 bits per heavy atom. The SMILES string of the molecule is O=NN=CC(=O)O. The van der Waals surface area contributed by atoms with Crippen LogP contribution in [-0.4, -0.2) is 17.3 Å². The molecule has 0 saturated carbocycles. The molecule has 0 aromatic rings. The fourth-order valence-electron chi connectivity index (χ4n) is 0.0730. The van der Waals surface area contributed by atoms with Crippen molar-refractivity contribution in [3.63, 3.8) is 0 Å². The van der Waals surface area contributed by atoms with Gasteiger partial charge in [0.1, 0.15) is 6.21 Å². The molecule has 0 aromatic heterocycles. The number of nitroso groups, excluding NO2 is 1. The summed E-state index contributed by atoms with van der Waals surface area (Å²) in [5.74, 6) is -1.28. The lowest BCUT2D eigenvalue weighted by Crippen LogP contribution is -1.92. The van der Waals surface area contributed by atoms with Gasteiger partial charge in [-0.3, -0.25) is 0 Å². The highest BCUT2D eigenvalue weighted by atomic mass is 16.4. The van der Waals surface area contributed by atoms with Crippen molar-refractivity contribution >= 4 is 12.2 Å². The second kappa shape index (κ2) is 2.95. The average molecular weight is 102 g/mol. The Morgan fingerprint density at radius 2 is 2.29 bits per heavy atom. The Morgan fingerprint density at radius 3 is 2.43 bits per heavy atom. The molecule has 0 amide bonds. The minimum atomic E-state index is -1.28. The molecule has 0 atom stereocenters. The second-order valence-electron chi connectivity index (χ2n) is 0.664. The fourth-order valence-corrected chi connectivity index (χ4v) is 0.0730. The van der Waals surface area contributed by atoms with Gasteiger partial charge in [-0.2, -0.15) is 0 Å². The van der Waals surface area contributed by atoms with Gasteiger partial charge < -0.3 is 5.11 Å². The van der Waals surface area contributed by atoms with Crippen molar-refractivity contribution in [2.24, 2.45) is 10.4 Å². The number of nitrogens with zero attached hydrogens (tertiary/aromatic N) is 2. The first-order valence-electron chi connectivity index (χ1n) is 1.36. The van der Waals surface area contributed by atoms with Gasteiger partial charge in [-0.25, -0.2) is 4.79 Å². The van der Waals surface area contributed by atoms with E-state index in [0.29, 0.717) is 6.21 Å². The summed E-state index contributed by atoms with van der Waals surface area (Å²) >= 11 is 0. The molecular weight excluding hydrogens is 100 g/mol. The van der Waals surface area contributed by atoms with E-state index < -0.39 is 5.97 Å². The first-order chi connectivity index (χ1) is 3.27. The van der Waals surface area contributed by atoms with Crippen molar-refractivity contribution < 1.29 is 9.90 Å². The maximum Gasteiger partial charge on any atom is 0.348 e. The largest absolute Gasteiger partial charge is 0.477 e. The van der Waals surface area contributed by atoms with Gasteiger partial charge in [0.2, 0.25) is 0 Å². The van der Waals surface area contributed by atoms with Crippen molar-refractivity contribution in [1.82, 2.24) is 0 Å². The number of rotatable bonds is 2. The predicted molar refractivity (Wildman–Crippen MR) is 21.9 cm³/mol. The number of hydrogen-bond donors (Lipinski definition) is 1. The van der Waals surface area contributed by atoms with Crippen LogP contribution in [-0.2, 0) is 4.79 Å². The van der Waals surface area contributed by atoms with Gasteiger partial charge >= 0.3 is 5.97 Å². The Labute approximate surface area is 38.6 Å². The molecule has 0 fully saturated rings. The van der Waals surface area contributed by atoms with E-state index in [4.69, 9.17) is 10.0 Å². The van der Waals surface area contributed by atoms with Gasteiger partial charge in [0.15, 0.2) is 0 Å². The lowest BCUT2D eigenvalue weighted by atomic mass is 10.8. The van der Waals surface area contributed by atoms with Gasteiger partial charge in [0, 0.05) is 0 Å². The lowest BCUT2D eigenvalue weighted by Gasteiger charge is -1.67. The number of hydrogen-bond acceptors (Lipinski definition) is 3. The summed E-state index contributed by atoms with van der Waals surface area (Å²) in [4.78, 5) is 18.4. The van der Waals surface area contributed by atoms with E-state index in [1.54, 1.807) is 0 Å². The van der Waals surface area contributed by atoms with Gasteiger partial charge in [0.25, 0.3) is 0 Å². The molecule has 0 aliphatic heterocycles. The molecule has 38 valence electrons. The Balaban J connectivity index is 3.46. The van der Waals surface area contributed by atoms with Gasteiger partial charge in [-0.1, -0.05) is 0 Å². The maximum absolute atomic E-state index is 9.41. The first kappa shape index (κ1) is 5.74. The number of carboxylic acids is 1. The molecule has 7 heavy (non-hydrogen) atoms. The maximum atomic E-state index is 9.41. The van der Waals surface area contributed by atoms with Crippen LogP contribution in [0.1, 0.15) is 0 Å². The van der Waals surface area contributed by atoms with Crippen molar-refractivity contribution in [2.45, 2.75) is 0 Å². The predicted octanol–water partition coefficient (Wildman–Crippen LogP) is -0.177. The minimum Gasteiger partial charge on any atom is -0.477 e. The van der Waals surface area contributed by atoms with Crippen LogP contribution in [0.15, 0.2) is 10.4 Å².